The fourth-order valence-corrected chi connectivity index (χ4v) is 0.722. The van der Waals surface area contributed by atoms with Crippen LogP contribution in [-0.2, 0) is 0 Å². The summed E-state index contributed by atoms with van der Waals surface area (Å²) in [6.07, 6.45) is -3.75. The number of hydrogen-bond donors (Lipinski definition) is 0. The first-order valence-corrected chi connectivity index (χ1v) is 3.08. The van der Waals surface area contributed by atoms with Crippen molar-refractivity contribution in [2.75, 3.05) is 0 Å². The number of hydrogen-bond acceptors (Lipinski definition) is 0. The molecule has 0 unspecified atom stereocenters. The first-order valence-electron chi connectivity index (χ1n) is 3.08. The number of benzene rings is 1. The third kappa shape index (κ3) is 1.96. The van der Waals surface area contributed by atoms with E-state index in [1.165, 1.54) is 0 Å². The van der Waals surface area contributed by atoms with E-state index in [0.29, 0.717) is 0 Å². The molecule has 2 radical (unpaired) electrons. The van der Waals surface area contributed by atoms with Crippen LogP contribution in [0.25, 0.3) is 0 Å². The van der Waals surface area contributed by atoms with E-state index in [4.69, 9.17) is 0 Å². The average Bonchev–Trinajstić information content (AvgIpc) is 2.04. The second-order valence-electron chi connectivity index (χ2n) is 2.10. The van der Waals surface area contributed by atoms with Crippen molar-refractivity contribution < 1.29 is 17.6 Å². The number of halogens is 4. The first-order chi connectivity index (χ1) is 5.61. The van der Waals surface area contributed by atoms with Crippen molar-refractivity contribution in [1.82, 2.24) is 0 Å². The van der Waals surface area contributed by atoms with Crippen LogP contribution in [0.1, 0.15) is 11.1 Å². The average molecular weight is 176 g/mol. The fraction of sp³-hybridized carbons (Fsp3) is 0. The summed E-state index contributed by atoms with van der Waals surface area (Å²) in [5, 5.41) is 0. The Bertz CT molecular complexity index is 213. The summed E-state index contributed by atoms with van der Waals surface area (Å²) in [5.74, 6) is 0. The summed E-state index contributed by atoms with van der Waals surface area (Å²) in [4.78, 5) is 0. The van der Waals surface area contributed by atoms with Gasteiger partial charge in [-0.25, -0.2) is 0 Å². The zero-order chi connectivity index (χ0) is 9.14. The zero-order valence-electron chi connectivity index (χ0n) is 5.82. The van der Waals surface area contributed by atoms with Gasteiger partial charge in [0.1, 0.15) is 0 Å². The van der Waals surface area contributed by atoms with Crippen molar-refractivity contribution in [2.45, 2.75) is 0 Å². The highest BCUT2D eigenvalue weighted by Gasteiger charge is 2.12. The molecule has 0 amide bonds. The minimum absolute atomic E-state index is 0.333. The lowest BCUT2D eigenvalue weighted by Crippen LogP contribution is -1.88. The van der Waals surface area contributed by atoms with Gasteiger partial charge >= 0.3 is 12.9 Å². The molecule has 0 heterocycles. The zero-order valence-corrected chi connectivity index (χ0v) is 5.82. The van der Waals surface area contributed by atoms with Gasteiger partial charge in [0.15, 0.2) is 0 Å². The van der Waals surface area contributed by atoms with Crippen LogP contribution in [0.4, 0.5) is 17.6 Å². The van der Waals surface area contributed by atoms with Crippen molar-refractivity contribution in [3.05, 3.63) is 48.2 Å². The summed E-state index contributed by atoms with van der Waals surface area (Å²) in [7, 11) is 0. The Kier molecular flexibility index (Phi) is 2.68. The summed E-state index contributed by atoms with van der Waals surface area (Å²) in [6, 6.07) is 3.79. The second kappa shape index (κ2) is 3.56. The van der Waals surface area contributed by atoms with Gasteiger partial charge in [0.25, 0.3) is 0 Å². The molecule has 0 aliphatic heterocycles. The maximum absolute atomic E-state index is 11.8. The van der Waals surface area contributed by atoms with Crippen LogP contribution >= 0.6 is 0 Å². The monoisotopic (exact) mass is 176 g/mol. The van der Waals surface area contributed by atoms with E-state index in [1.54, 1.807) is 0 Å². The molecule has 0 spiro atoms. The summed E-state index contributed by atoms with van der Waals surface area (Å²) in [5.41, 5.74) is -0.667. The maximum atomic E-state index is 11.8. The van der Waals surface area contributed by atoms with E-state index in [-0.39, 0.29) is 11.1 Å². The molecule has 0 bridgehead atoms. The van der Waals surface area contributed by atoms with Crippen LogP contribution in [0.2, 0.25) is 0 Å². The molecule has 12 heavy (non-hydrogen) atoms. The molecule has 0 saturated heterocycles. The Hall–Kier alpha value is -1.06. The molecule has 0 atom stereocenters. The first kappa shape index (κ1) is 9.03. The molecule has 64 valence electrons. The van der Waals surface area contributed by atoms with Crippen molar-refractivity contribution in [3.63, 3.8) is 0 Å². The predicted molar refractivity (Wildman–Crippen MR) is 35.6 cm³/mol. The van der Waals surface area contributed by atoms with Gasteiger partial charge in [-0.2, -0.15) is 17.6 Å². The van der Waals surface area contributed by atoms with E-state index >= 15 is 0 Å². The lowest BCUT2D eigenvalue weighted by atomic mass is 10.1. The Morgan fingerprint density at radius 2 is 0.917 bits per heavy atom. The Morgan fingerprint density at radius 1 is 0.667 bits per heavy atom. The van der Waals surface area contributed by atoms with Gasteiger partial charge < -0.3 is 0 Å². The minimum atomic E-state index is -1.87. The molecule has 0 fully saturated rings. The molecular formula is C8H4F4. The van der Waals surface area contributed by atoms with Gasteiger partial charge in [-0.05, 0) is 0 Å². The highest BCUT2D eigenvalue weighted by Crippen LogP contribution is 2.22. The molecule has 0 nitrogen and oxygen atoms in total. The normalized spacial score (nSPS) is 11.2. The van der Waals surface area contributed by atoms with Crippen LogP contribution in [0.3, 0.4) is 0 Å². The van der Waals surface area contributed by atoms with E-state index in [9.17, 15) is 17.6 Å². The Balaban J connectivity index is 2.86. The molecule has 0 N–H and O–H groups in total. The van der Waals surface area contributed by atoms with Gasteiger partial charge in [0.05, 0.1) is 0 Å². The lowest BCUT2D eigenvalue weighted by molar-refractivity contribution is 0.320. The van der Waals surface area contributed by atoms with Gasteiger partial charge in [0, 0.05) is 11.1 Å². The summed E-state index contributed by atoms with van der Waals surface area (Å²) in [6.45, 7) is 0. The number of rotatable bonds is 2. The second-order valence-corrected chi connectivity index (χ2v) is 2.10. The SMILES string of the molecule is F[C](F)c1ccc([C](F)F)cc1. The van der Waals surface area contributed by atoms with Gasteiger partial charge in [0.2, 0.25) is 0 Å². The van der Waals surface area contributed by atoms with Gasteiger partial charge in [-0.15, -0.1) is 0 Å². The van der Waals surface area contributed by atoms with E-state index in [2.05, 4.69) is 0 Å². The largest absolute Gasteiger partial charge is 0.339 e. The molecule has 1 aromatic rings. The molecule has 0 aliphatic carbocycles. The van der Waals surface area contributed by atoms with Gasteiger partial charge in [-0.3, -0.25) is 0 Å². The molecule has 0 aromatic heterocycles. The molecule has 0 aliphatic rings. The van der Waals surface area contributed by atoms with Crippen LogP contribution in [0, 0.1) is 12.9 Å². The lowest BCUT2D eigenvalue weighted by Gasteiger charge is -1.99. The highest BCUT2D eigenvalue weighted by molar-refractivity contribution is 5.31. The van der Waals surface area contributed by atoms with Crippen molar-refractivity contribution in [1.29, 1.82) is 0 Å². The van der Waals surface area contributed by atoms with Crippen LogP contribution in [-0.4, -0.2) is 0 Å². The molecule has 1 rings (SSSR count). The molecule has 1 aromatic carbocycles. The van der Waals surface area contributed by atoms with E-state index in [0.717, 1.165) is 24.3 Å². The van der Waals surface area contributed by atoms with E-state index < -0.39 is 12.9 Å². The van der Waals surface area contributed by atoms with Crippen LogP contribution in [0.5, 0.6) is 0 Å². The van der Waals surface area contributed by atoms with Crippen molar-refractivity contribution in [2.24, 2.45) is 0 Å². The third-order valence-corrected chi connectivity index (χ3v) is 1.32. The summed E-state index contributed by atoms with van der Waals surface area (Å²) >= 11 is 0. The van der Waals surface area contributed by atoms with Crippen molar-refractivity contribution in [3.8, 4) is 0 Å². The Morgan fingerprint density at radius 3 is 1.08 bits per heavy atom. The quantitative estimate of drug-likeness (QED) is 0.607. The third-order valence-electron chi connectivity index (χ3n) is 1.32. The van der Waals surface area contributed by atoms with Crippen molar-refractivity contribution >= 4 is 0 Å². The fourth-order valence-electron chi connectivity index (χ4n) is 0.722. The van der Waals surface area contributed by atoms with Gasteiger partial charge in [-0.1, -0.05) is 24.3 Å². The Labute approximate surface area is 66.8 Å². The smallest absolute Gasteiger partial charge is 0.194 e. The van der Waals surface area contributed by atoms with E-state index in [1.807, 2.05) is 0 Å². The molecular weight excluding hydrogens is 172 g/mol. The standard InChI is InChI=1S/C8H4F4/c9-7(10)5-1-2-6(4-3-5)8(11)12/h1-4H. The predicted octanol–water partition coefficient (Wildman–Crippen LogP) is 3.24. The molecule has 0 saturated carbocycles. The highest BCUT2D eigenvalue weighted by atomic mass is 19.3. The minimum Gasteiger partial charge on any atom is -0.194 e. The van der Waals surface area contributed by atoms with Crippen LogP contribution in [0.15, 0.2) is 24.3 Å². The van der Waals surface area contributed by atoms with Crippen LogP contribution < -0.4 is 0 Å². The maximum Gasteiger partial charge on any atom is 0.339 e. The molecule has 4 heteroatoms. The topological polar surface area (TPSA) is 0 Å². The summed E-state index contributed by atoms with van der Waals surface area (Å²) < 4.78 is 47.3.